The number of likely N-dealkylation sites (N-methyl/N-ethyl adjacent to an activating group) is 1. The predicted octanol–water partition coefficient (Wildman–Crippen LogP) is 5.83. The molecule has 1 saturated heterocycles. The molecule has 1 N–H and O–H groups in total. The van der Waals surface area contributed by atoms with Crippen molar-refractivity contribution in [1.82, 2.24) is 4.90 Å². The molecule has 2 aromatic carbocycles. The van der Waals surface area contributed by atoms with Crippen molar-refractivity contribution in [3.05, 3.63) is 69.9 Å². The molecule has 0 unspecified atom stereocenters. The first-order valence-electron chi connectivity index (χ1n) is 11.4. The molecule has 0 aromatic heterocycles. The Morgan fingerprint density at radius 1 is 1.14 bits per heavy atom. The van der Waals surface area contributed by atoms with E-state index >= 15 is 0 Å². The number of anilines is 2. The van der Waals surface area contributed by atoms with Gasteiger partial charge in [-0.05, 0) is 106 Å². The summed E-state index contributed by atoms with van der Waals surface area (Å²) in [7, 11) is 0. The minimum atomic E-state index is -0.534. The number of amides is 3. The van der Waals surface area contributed by atoms with Gasteiger partial charge in [-0.1, -0.05) is 6.08 Å². The monoisotopic (exact) mass is 493 g/mol. The number of thioether (sulfide) groups is 1. The molecular weight excluding hydrogens is 465 g/mol. The molecule has 1 fully saturated rings. The van der Waals surface area contributed by atoms with Crippen molar-refractivity contribution in [3.8, 4) is 0 Å². The van der Waals surface area contributed by atoms with Crippen molar-refractivity contribution in [3.63, 3.8) is 0 Å². The summed E-state index contributed by atoms with van der Waals surface area (Å²) in [5, 5.41) is 2.08. The van der Waals surface area contributed by atoms with Crippen LogP contribution in [0.5, 0.6) is 0 Å². The number of halogens is 1. The first-order valence-corrected chi connectivity index (χ1v) is 12.2. The van der Waals surface area contributed by atoms with Gasteiger partial charge in [-0.2, -0.15) is 0 Å². The number of fused-ring (bicyclic) bond motifs is 1. The Morgan fingerprint density at radius 2 is 1.83 bits per heavy atom. The van der Waals surface area contributed by atoms with E-state index < -0.39 is 29.4 Å². The highest BCUT2D eigenvalue weighted by molar-refractivity contribution is 8.18. The maximum absolute atomic E-state index is 13.1. The molecule has 182 valence electrons. The highest BCUT2D eigenvalue weighted by Gasteiger charge is 2.37. The summed E-state index contributed by atoms with van der Waals surface area (Å²) < 4.78 is 13.1. The third-order valence-electron chi connectivity index (χ3n) is 6.27. The molecule has 0 aliphatic carbocycles. The van der Waals surface area contributed by atoms with Gasteiger partial charge >= 0.3 is 0 Å². The summed E-state index contributed by atoms with van der Waals surface area (Å²) in [6.07, 6.45) is 3.97. The number of allylic oxidation sites excluding steroid dienone is 1. The maximum Gasteiger partial charge on any atom is 0.294 e. The Labute approximate surface area is 208 Å². The molecule has 6 nitrogen and oxygen atoms in total. The van der Waals surface area contributed by atoms with Gasteiger partial charge in [0.15, 0.2) is 0 Å². The number of aryl methyl sites for hydroxylation is 1. The molecular formula is C27H28FN3O3S. The molecule has 2 aromatic rings. The number of carbonyl (C=O) groups excluding carboxylic acids is 3. The zero-order valence-corrected chi connectivity index (χ0v) is 21.3. The Hall–Kier alpha value is -3.39. The average Bonchev–Trinajstić information content (AvgIpc) is 3.03. The van der Waals surface area contributed by atoms with Crippen LogP contribution in [0.2, 0.25) is 0 Å². The Balaban J connectivity index is 1.56. The molecule has 0 atom stereocenters. The number of benzene rings is 2. The quantitative estimate of drug-likeness (QED) is 0.531. The van der Waals surface area contributed by atoms with Crippen LogP contribution in [0.1, 0.15) is 44.4 Å². The molecule has 0 saturated carbocycles. The smallest absolute Gasteiger partial charge is 0.294 e. The van der Waals surface area contributed by atoms with E-state index in [0.717, 1.165) is 51.2 Å². The van der Waals surface area contributed by atoms with E-state index in [4.69, 9.17) is 0 Å². The predicted molar refractivity (Wildman–Crippen MR) is 140 cm³/mol. The summed E-state index contributed by atoms with van der Waals surface area (Å²) in [6.45, 7) is 11.0. The molecule has 4 rings (SSSR count). The summed E-state index contributed by atoms with van der Waals surface area (Å²) in [5.41, 5.74) is 5.55. The van der Waals surface area contributed by atoms with Gasteiger partial charge in [0.1, 0.15) is 12.4 Å². The zero-order valence-electron chi connectivity index (χ0n) is 20.4. The van der Waals surface area contributed by atoms with Gasteiger partial charge in [0.05, 0.1) is 10.4 Å². The third kappa shape index (κ3) is 4.89. The van der Waals surface area contributed by atoms with Gasteiger partial charge < -0.3 is 10.2 Å². The summed E-state index contributed by atoms with van der Waals surface area (Å²) >= 11 is 0.822. The topological polar surface area (TPSA) is 69.7 Å². The van der Waals surface area contributed by atoms with Gasteiger partial charge in [0.25, 0.3) is 11.1 Å². The van der Waals surface area contributed by atoms with Crippen LogP contribution < -0.4 is 10.2 Å². The van der Waals surface area contributed by atoms with Crippen LogP contribution in [0, 0.1) is 12.7 Å². The Morgan fingerprint density at radius 3 is 2.49 bits per heavy atom. The fourth-order valence-electron chi connectivity index (χ4n) is 4.63. The molecule has 0 bridgehead atoms. The number of hydrogen-bond acceptors (Lipinski definition) is 5. The Kier molecular flexibility index (Phi) is 6.60. The van der Waals surface area contributed by atoms with E-state index in [1.807, 2.05) is 6.92 Å². The lowest BCUT2D eigenvalue weighted by atomic mass is 9.87. The molecule has 3 amide bonds. The minimum Gasteiger partial charge on any atom is -0.363 e. The second-order valence-corrected chi connectivity index (χ2v) is 10.3. The van der Waals surface area contributed by atoms with Crippen molar-refractivity contribution in [2.45, 2.75) is 40.2 Å². The summed E-state index contributed by atoms with van der Waals surface area (Å²) in [4.78, 5) is 41.4. The van der Waals surface area contributed by atoms with Crippen molar-refractivity contribution >= 4 is 51.8 Å². The molecule has 8 heteroatoms. The highest BCUT2D eigenvalue weighted by atomic mass is 32.2. The average molecular weight is 494 g/mol. The molecule has 2 aliphatic heterocycles. The van der Waals surface area contributed by atoms with Crippen LogP contribution in [0.25, 0.3) is 11.6 Å². The first kappa shape index (κ1) is 24.7. The molecule has 35 heavy (non-hydrogen) atoms. The summed E-state index contributed by atoms with van der Waals surface area (Å²) in [6, 6.07) is 9.45. The third-order valence-corrected chi connectivity index (χ3v) is 7.18. The lowest BCUT2D eigenvalue weighted by molar-refractivity contribution is -0.127. The van der Waals surface area contributed by atoms with Crippen molar-refractivity contribution < 1.29 is 18.8 Å². The standard InChI is InChI=1S/C27H28FN3O3S/c1-6-31-22-11-16(2)18(12-21(22)17(3)14-27(31,4)5)13-23-25(33)30(26(34)35-23)15-24(32)29-20-9-7-19(28)8-10-20/h7-14H,6,15H2,1-5H3,(H,29,32)/b23-13-. The Bertz CT molecular complexity index is 1280. The number of hydrogen-bond donors (Lipinski definition) is 1. The van der Waals surface area contributed by atoms with Crippen LogP contribution in [0.4, 0.5) is 20.6 Å². The molecule has 0 radical (unpaired) electrons. The lowest BCUT2D eigenvalue weighted by Gasteiger charge is -2.43. The van der Waals surface area contributed by atoms with E-state index in [0.29, 0.717) is 5.69 Å². The van der Waals surface area contributed by atoms with Crippen molar-refractivity contribution in [2.75, 3.05) is 23.3 Å². The zero-order chi connectivity index (χ0) is 25.5. The van der Waals surface area contributed by atoms with E-state index in [2.05, 4.69) is 56.1 Å². The van der Waals surface area contributed by atoms with Gasteiger partial charge in [-0.3, -0.25) is 19.3 Å². The fraction of sp³-hybridized carbons (Fsp3) is 0.296. The molecule has 2 aliphatic rings. The van der Waals surface area contributed by atoms with Gasteiger partial charge in [0.2, 0.25) is 5.91 Å². The van der Waals surface area contributed by atoms with Crippen LogP contribution in [0.3, 0.4) is 0 Å². The largest absolute Gasteiger partial charge is 0.363 e. The normalized spacial score (nSPS) is 18.1. The molecule has 2 heterocycles. The fourth-order valence-corrected chi connectivity index (χ4v) is 5.46. The van der Waals surface area contributed by atoms with Crippen molar-refractivity contribution in [1.29, 1.82) is 0 Å². The second kappa shape index (κ2) is 9.34. The number of nitrogens with one attached hydrogen (secondary N) is 1. The van der Waals surface area contributed by atoms with E-state index in [1.54, 1.807) is 6.08 Å². The SMILES string of the molecule is CCN1c2cc(C)c(/C=C3\SC(=O)N(CC(=O)Nc4ccc(F)cc4)C3=O)cc2C(C)=CC1(C)C. The first-order chi connectivity index (χ1) is 16.5. The number of rotatable bonds is 5. The number of carbonyl (C=O) groups is 3. The molecule has 0 spiro atoms. The summed E-state index contributed by atoms with van der Waals surface area (Å²) in [5.74, 6) is -1.46. The second-order valence-electron chi connectivity index (χ2n) is 9.27. The highest BCUT2D eigenvalue weighted by Crippen LogP contribution is 2.41. The minimum absolute atomic E-state index is 0.100. The van der Waals surface area contributed by atoms with Crippen LogP contribution in [0.15, 0.2) is 47.4 Å². The van der Waals surface area contributed by atoms with E-state index in [-0.39, 0.29) is 10.4 Å². The maximum atomic E-state index is 13.1. The van der Waals surface area contributed by atoms with Crippen LogP contribution >= 0.6 is 11.8 Å². The van der Waals surface area contributed by atoms with Gasteiger partial charge in [-0.15, -0.1) is 0 Å². The van der Waals surface area contributed by atoms with E-state index in [1.165, 1.54) is 24.3 Å². The van der Waals surface area contributed by atoms with Crippen LogP contribution in [-0.4, -0.2) is 40.6 Å². The van der Waals surface area contributed by atoms with Crippen LogP contribution in [-0.2, 0) is 9.59 Å². The van der Waals surface area contributed by atoms with Gasteiger partial charge in [0, 0.05) is 23.5 Å². The number of imide groups is 1. The van der Waals surface area contributed by atoms with Crippen molar-refractivity contribution in [2.24, 2.45) is 0 Å². The van der Waals surface area contributed by atoms with Gasteiger partial charge in [-0.25, -0.2) is 4.39 Å². The lowest BCUT2D eigenvalue weighted by Crippen LogP contribution is -2.44. The van der Waals surface area contributed by atoms with E-state index in [9.17, 15) is 18.8 Å². The number of nitrogens with zero attached hydrogens (tertiary/aromatic N) is 2.